The number of carboxylic acids is 1. The van der Waals surface area contributed by atoms with Gasteiger partial charge in [-0.2, -0.15) is 0 Å². The van der Waals surface area contributed by atoms with Crippen molar-refractivity contribution in [3.63, 3.8) is 0 Å². The lowest BCUT2D eigenvalue weighted by atomic mass is 9.96. The minimum atomic E-state index is -0.946. The fraction of sp³-hybridized carbons (Fsp3) is 0.333. The minimum absolute atomic E-state index is 0.0124. The summed E-state index contributed by atoms with van der Waals surface area (Å²) >= 11 is 0. The van der Waals surface area contributed by atoms with Crippen LogP contribution in [0.1, 0.15) is 54.4 Å². The Balaban J connectivity index is 1.80. The van der Waals surface area contributed by atoms with Crippen molar-refractivity contribution >= 4 is 17.6 Å². The van der Waals surface area contributed by atoms with Crippen LogP contribution in [0.25, 0.3) is 11.3 Å². The third-order valence-electron chi connectivity index (χ3n) is 5.37. The van der Waals surface area contributed by atoms with Crippen LogP contribution in [-0.4, -0.2) is 30.6 Å². The molecule has 3 N–H and O–H groups in total. The van der Waals surface area contributed by atoms with Gasteiger partial charge in [0.2, 0.25) is 0 Å². The molecule has 3 aromatic rings. The van der Waals surface area contributed by atoms with E-state index in [2.05, 4.69) is 30.5 Å². The Hall–Kier alpha value is -3.58. The number of carbonyl (C=O) groups excluding carboxylic acids is 1. The summed E-state index contributed by atoms with van der Waals surface area (Å²) in [5, 5.41) is 14.9. The lowest BCUT2D eigenvalue weighted by Crippen LogP contribution is -2.25. The maximum Gasteiger partial charge on any atom is 0.305 e. The van der Waals surface area contributed by atoms with Crippen molar-refractivity contribution < 1.29 is 23.8 Å². The molecule has 0 bridgehead atoms. The molecule has 7 nitrogen and oxygen atoms in total. The molecule has 0 aliphatic carbocycles. The van der Waals surface area contributed by atoms with Crippen LogP contribution in [0.4, 0.5) is 5.69 Å². The van der Waals surface area contributed by atoms with Gasteiger partial charge in [-0.15, -0.1) is 0 Å². The molecule has 7 heteroatoms. The Morgan fingerprint density at radius 3 is 2.38 bits per heavy atom. The second-order valence-electron chi connectivity index (χ2n) is 8.59. The third-order valence-corrected chi connectivity index (χ3v) is 5.37. The quantitative estimate of drug-likeness (QED) is 0.327. The fourth-order valence-electron chi connectivity index (χ4n) is 3.77. The maximum atomic E-state index is 12.2. The van der Waals surface area contributed by atoms with Crippen LogP contribution < -0.4 is 10.6 Å². The second kappa shape index (κ2) is 12.0. The normalized spacial score (nSPS) is 11.9. The van der Waals surface area contributed by atoms with Crippen LogP contribution in [0, 0.1) is 5.92 Å². The molecule has 3 rings (SSSR count). The molecule has 1 unspecified atom stereocenters. The molecular formula is C27H32N2O5. The number of rotatable bonds is 12. The van der Waals surface area contributed by atoms with Gasteiger partial charge in [0.1, 0.15) is 18.1 Å². The number of aliphatic carboxylic acids is 1. The van der Waals surface area contributed by atoms with Crippen molar-refractivity contribution in [2.75, 3.05) is 19.0 Å². The summed E-state index contributed by atoms with van der Waals surface area (Å²) in [6, 6.07) is 19.2. The first kappa shape index (κ1) is 25.1. The number of ether oxygens (including phenoxy) is 1. The van der Waals surface area contributed by atoms with E-state index >= 15 is 0 Å². The SMILES string of the molecule is COCc1oc(-c2ccccc2)cc1C(CC(C)C)Nc1ccc(C(=O)NCCC(=O)O)cc1. The number of amides is 1. The molecule has 0 saturated carbocycles. The van der Waals surface area contributed by atoms with Crippen molar-refractivity contribution in [1.29, 1.82) is 0 Å². The van der Waals surface area contributed by atoms with Gasteiger partial charge in [0.15, 0.2) is 0 Å². The van der Waals surface area contributed by atoms with E-state index in [1.807, 2.05) is 42.5 Å². The second-order valence-corrected chi connectivity index (χ2v) is 8.59. The van der Waals surface area contributed by atoms with Crippen molar-refractivity contribution in [3.05, 3.63) is 77.6 Å². The summed E-state index contributed by atoms with van der Waals surface area (Å²) in [5.74, 6) is 0.776. The van der Waals surface area contributed by atoms with E-state index in [-0.39, 0.29) is 24.9 Å². The van der Waals surface area contributed by atoms with E-state index in [1.165, 1.54) is 0 Å². The summed E-state index contributed by atoms with van der Waals surface area (Å²) < 4.78 is 11.6. The Labute approximate surface area is 200 Å². The van der Waals surface area contributed by atoms with Crippen LogP contribution in [0.3, 0.4) is 0 Å². The summed E-state index contributed by atoms with van der Waals surface area (Å²) in [6.45, 7) is 4.81. The van der Waals surface area contributed by atoms with E-state index in [9.17, 15) is 9.59 Å². The van der Waals surface area contributed by atoms with Gasteiger partial charge >= 0.3 is 5.97 Å². The summed E-state index contributed by atoms with van der Waals surface area (Å²) in [4.78, 5) is 22.9. The van der Waals surface area contributed by atoms with Crippen LogP contribution in [0.5, 0.6) is 0 Å². The van der Waals surface area contributed by atoms with Crippen molar-refractivity contribution in [1.82, 2.24) is 5.32 Å². The Morgan fingerprint density at radius 2 is 1.76 bits per heavy atom. The predicted molar refractivity (Wildman–Crippen MR) is 132 cm³/mol. The summed E-state index contributed by atoms with van der Waals surface area (Å²) in [5.41, 5.74) is 3.40. The smallest absolute Gasteiger partial charge is 0.305 e. The molecule has 0 saturated heterocycles. The highest BCUT2D eigenvalue weighted by Gasteiger charge is 2.22. The van der Waals surface area contributed by atoms with Gasteiger partial charge < -0.3 is 24.9 Å². The van der Waals surface area contributed by atoms with Gasteiger partial charge in [0.25, 0.3) is 5.91 Å². The number of furan rings is 1. The molecule has 180 valence electrons. The number of nitrogens with one attached hydrogen (secondary N) is 2. The zero-order valence-electron chi connectivity index (χ0n) is 19.8. The first-order chi connectivity index (χ1) is 16.4. The third kappa shape index (κ3) is 6.96. The highest BCUT2D eigenvalue weighted by Crippen LogP contribution is 2.34. The maximum absolute atomic E-state index is 12.2. The minimum Gasteiger partial charge on any atom is -0.481 e. The van der Waals surface area contributed by atoms with Crippen molar-refractivity contribution in [2.45, 2.75) is 39.3 Å². The molecular weight excluding hydrogens is 432 g/mol. The molecule has 2 aromatic carbocycles. The molecule has 1 heterocycles. The Kier molecular flexibility index (Phi) is 8.87. The Morgan fingerprint density at radius 1 is 1.06 bits per heavy atom. The van der Waals surface area contributed by atoms with Crippen LogP contribution >= 0.6 is 0 Å². The number of methoxy groups -OCH3 is 1. The summed E-state index contributed by atoms with van der Waals surface area (Å²) in [7, 11) is 1.65. The molecule has 0 fully saturated rings. The van der Waals surface area contributed by atoms with Crippen LogP contribution in [0.15, 0.2) is 65.1 Å². The van der Waals surface area contributed by atoms with Gasteiger partial charge in [-0.25, -0.2) is 0 Å². The van der Waals surface area contributed by atoms with E-state index in [1.54, 1.807) is 19.2 Å². The molecule has 0 aliphatic rings. The van der Waals surface area contributed by atoms with Gasteiger partial charge in [0.05, 0.1) is 12.5 Å². The van der Waals surface area contributed by atoms with Crippen LogP contribution in [0.2, 0.25) is 0 Å². The lowest BCUT2D eigenvalue weighted by Gasteiger charge is -2.22. The molecule has 1 atom stereocenters. The average Bonchev–Trinajstić information content (AvgIpc) is 3.23. The van der Waals surface area contributed by atoms with Gasteiger partial charge in [-0.05, 0) is 42.7 Å². The topological polar surface area (TPSA) is 101 Å². The largest absolute Gasteiger partial charge is 0.481 e. The predicted octanol–water partition coefficient (Wildman–Crippen LogP) is 5.50. The summed E-state index contributed by atoms with van der Waals surface area (Å²) in [6.07, 6.45) is 0.768. The number of benzene rings is 2. The fourth-order valence-corrected chi connectivity index (χ4v) is 3.77. The molecule has 0 aliphatic heterocycles. The zero-order valence-corrected chi connectivity index (χ0v) is 19.8. The van der Waals surface area contributed by atoms with Crippen molar-refractivity contribution in [2.24, 2.45) is 5.92 Å². The van der Waals surface area contributed by atoms with E-state index in [0.717, 1.165) is 34.8 Å². The standard InChI is InChI=1S/C27H32N2O5/c1-18(2)15-23(22-16-24(34-25(22)17-33-3)19-7-5-4-6-8-19)29-21-11-9-20(10-12-21)27(32)28-14-13-26(30)31/h4-12,16,18,23,29H,13-15,17H2,1-3H3,(H,28,32)(H,30,31). The highest BCUT2D eigenvalue weighted by molar-refractivity contribution is 5.94. The lowest BCUT2D eigenvalue weighted by molar-refractivity contribution is -0.136. The van der Waals surface area contributed by atoms with Gasteiger partial charge in [-0.1, -0.05) is 44.2 Å². The Bertz CT molecular complexity index is 1070. The number of anilines is 1. The van der Waals surface area contributed by atoms with E-state index in [0.29, 0.717) is 18.1 Å². The monoisotopic (exact) mass is 464 g/mol. The number of hydrogen-bond acceptors (Lipinski definition) is 5. The highest BCUT2D eigenvalue weighted by atomic mass is 16.5. The molecule has 1 amide bonds. The zero-order chi connectivity index (χ0) is 24.5. The first-order valence-corrected chi connectivity index (χ1v) is 11.4. The molecule has 0 radical (unpaired) electrons. The van der Waals surface area contributed by atoms with Gasteiger partial charge in [-0.3, -0.25) is 9.59 Å². The molecule has 34 heavy (non-hydrogen) atoms. The average molecular weight is 465 g/mol. The molecule has 0 spiro atoms. The van der Waals surface area contributed by atoms with Crippen molar-refractivity contribution in [3.8, 4) is 11.3 Å². The van der Waals surface area contributed by atoms with Crippen LogP contribution in [-0.2, 0) is 16.1 Å². The van der Waals surface area contributed by atoms with E-state index in [4.69, 9.17) is 14.3 Å². The van der Waals surface area contributed by atoms with E-state index < -0.39 is 5.97 Å². The van der Waals surface area contributed by atoms with Gasteiger partial charge in [0, 0.05) is 36.0 Å². The number of carbonyl (C=O) groups is 2. The number of carboxylic acid groups (broad SMARTS) is 1. The molecule has 1 aromatic heterocycles. The first-order valence-electron chi connectivity index (χ1n) is 11.4. The number of hydrogen-bond donors (Lipinski definition) is 3.